The van der Waals surface area contributed by atoms with Gasteiger partial charge in [-0.15, -0.1) is 5.06 Å². The third-order valence-electron chi connectivity index (χ3n) is 3.48. The van der Waals surface area contributed by atoms with Crippen LogP contribution in [0.15, 0.2) is 24.3 Å². The smallest absolute Gasteiger partial charge is 0.330 e. The maximum atomic E-state index is 13.0. The molecule has 1 aliphatic rings. The number of halogens is 1. The highest BCUT2D eigenvalue weighted by molar-refractivity contribution is 5.87. The lowest BCUT2D eigenvalue weighted by atomic mass is 9.90. The van der Waals surface area contributed by atoms with Crippen LogP contribution in [-0.2, 0) is 14.4 Å². The molecule has 0 amide bonds. The van der Waals surface area contributed by atoms with E-state index < -0.39 is 5.41 Å². The summed E-state index contributed by atoms with van der Waals surface area (Å²) in [5.74, 6) is -0.954. The zero-order valence-corrected chi connectivity index (χ0v) is 12.6. The van der Waals surface area contributed by atoms with Gasteiger partial charge in [-0.3, -0.25) is 4.79 Å². The summed E-state index contributed by atoms with van der Waals surface area (Å²) in [5, 5.41) is 1.53. The van der Waals surface area contributed by atoms with Crippen LogP contribution < -0.4 is 0 Å². The molecule has 4 nitrogen and oxygen atoms in total. The van der Waals surface area contributed by atoms with Gasteiger partial charge in [0.15, 0.2) is 0 Å². The molecule has 1 aromatic carbocycles. The molecular weight excluding hydrogens is 273 g/mol. The Balaban J connectivity index is 2.07. The number of carbonyl (C=O) groups is 2. The van der Waals surface area contributed by atoms with Gasteiger partial charge in [0.2, 0.25) is 0 Å². The first kappa shape index (κ1) is 15.6. The van der Waals surface area contributed by atoms with E-state index in [9.17, 15) is 14.0 Å². The molecule has 5 heteroatoms. The normalized spacial score (nSPS) is 20.4. The fourth-order valence-electron chi connectivity index (χ4n) is 2.13. The number of hydrogen-bond donors (Lipinski definition) is 0. The number of Topliss-reactive ketones (excluding diaryl/α,β-unsaturated/α-hetero) is 1. The molecule has 2 rings (SSSR count). The Morgan fingerprint density at radius 1 is 1.29 bits per heavy atom. The van der Waals surface area contributed by atoms with Gasteiger partial charge >= 0.3 is 5.97 Å². The highest BCUT2D eigenvalue weighted by atomic mass is 19.1. The number of carbonyl (C=O) groups excluding carboxylic acids is 2. The number of ketones is 1. The minimum atomic E-state index is -0.590. The highest BCUT2D eigenvalue weighted by Crippen LogP contribution is 2.26. The fourth-order valence-corrected chi connectivity index (χ4v) is 2.13. The molecular formula is C16H20FNO3. The van der Waals surface area contributed by atoms with Crippen molar-refractivity contribution in [1.82, 2.24) is 5.06 Å². The van der Waals surface area contributed by atoms with Gasteiger partial charge in [0.1, 0.15) is 11.6 Å². The molecule has 1 aromatic rings. The molecule has 21 heavy (non-hydrogen) atoms. The largest absolute Gasteiger partial charge is 0.367 e. The van der Waals surface area contributed by atoms with Gasteiger partial charge in [-0.1, -0.05) is 12.1 Å². The molecule has 0 radical (unpaired) electrons. The molecule has 0 aliphatic carbocycles. The third-order valence-corrected chi connectivity index (χ3v) is 3.48. The second-order valence-electron chi connectivity index (χ2n) is 6.34. The lowest BCUT2D eigenvalue weighted by Gasteiger charge is -2.32. The van der Waals surface area contributed by atoms with Crippen LogP contribution in [0, 0.1) is 11.2 Å². The summed E-state index contributed by atoms with van der Waals surface area (Å²) >= 11 is 0. The van der Waals surface area contributed by atoms with E-state index in [2.05, 4.69) is 0 Å². The molecule has 0 aromatic heterocycles. The second kappa shape index (κ2) is 5.93. The summed E-state index contributed by atoms with van der Waals surface area (Å²) in [7, 11) is 0. The van der Waals surface area contributed by atoms with Crippen molar-refractivity contribution in [1.29, 1.82) is 0 Å². The van der Waals surface area contributed by atoms with Gasteiger partial charge in [-0.25, -0.2) is 9.18 Å². The maximum absolute atomic E-state index is 13.0. The van der Waals surface area contributed by atoms with Crippen LogP contribution >= 0.6 is 0 Å². The van der Waals surface area contributed by atoms with E-state index in [0.717, 1.165) is 5.56 Å². The minimum Gasteiger partial charge on any atom is -0.367 e. The first-order valence-corrected chi connectivity index (χ1v) is 7.03. The van der Waals surface area contributed by atoms with E-state index in [1.54, 1.807) is 32.9 Å². The minimum absolute atomic E-state index is 0.0877. The third kappa shape index (κ3) is 3.88. The summed E-state index contributed by atoms with van der Waals surface area (Å²) in [6.07, 6.45) is 0.319. The molecule has 1 heterocycles. The van der Waals surface area contributed by atoms with Crippen molar-refractivity contribution in [3.05, 3.63) is 35.6 Å². The lowest BCUT2D eigenvalue weighted by Crippen LogP contribution is -2.42. The number of nitrogens with zero attached hydrogens (tertiary/aromatic N) is 1. The molecule has 0 saturated carbocycles. The number of hydroxylamine groups is 2. The number of benzene rings is 1. The Hall–Kier alpha value is -1.75. The van der Waals surface area contributed by atoms with Gasteiger partial charge in [0, 0.05) is 19.5 Å². The van der Waals surface area contributed by atoms with E-state index in [1.807, 2.05) is 0 Å². The summed E-state index contributed by atoms with van der Waals surface area (Å²) < 4.78 is 13.0. The van der Waals surface area contributed by atoms with Crippen LogP contribution in [-0.4, -0.2) is 29.9 Å². The van der Waals surface area contributed by atoms with Gasteiger partial charge in [0.25, 0.3) is 0 Å². The predicted octanol–water partition coefficient (Wildman–Crippen LogP) is 2.69. The topological polar surface area (TPSA) is 46.6 Å². The van der Waals surface area contributed by atoms with Crippen molar-refractivity contribution in [2.24, 2.45) is 5.41 Å². The van der Waals surface area contributed by atoms with Gasteiger partial charge in [-0.2, -0.15) is 0 Å². The van der Waals surface area contributed by atoms with Gasteiger partial charge < -0.3 is 4.84 Å². The van der Waals surface area contributed by atoms with E-state index in [0.29, 0.717) is 19.5 Å². The second-order valence-corrected chi connectivity index (χ2v) is 6.34. The molecule has 0 N–H and O–H groups in total. The quantitative estimate of drug-likeness (QED) is 0.841. The molecule has 114 valence electrons. The van der Waals surface area contributed by atoms with E-state index >= 15 is 0 Å². The van der Waals surface area contributed by atoms with Crippen LogP contribution in [0.25, 0.3) is 0 Å². The number of piperidine rings is 1. The Morgan fingerprint density at radius 2 is 1.90 bits per heavy atom. The van der Waals surface area contributed by atoms with Crippen molar-refractivity contribution in [2.75, 3.05) is 13.1 Å². The fraction of sp³-hybridized carbons (Fsp3) is 0.500. The summed E-state index contributed by atoms with van der Waals surface area (Å²) in [6, 6.07) is 5.88. The van der Waals surface area contributed by atoms with E-state index in [-0.39, 0.29) is 23.5 Å². The zero-order valence-electron chi connectivity index (χ0n) is 12.6. The van der Waals surface area contributed by atoms with Crippen LogP contribution in [0.4, 0.5) is 4.39 Å². The van der Waals surface area contributed by atoms with Crippen molar-refractivity contribution >= 4 is 11.8 Å². The standard InChI is InChI=1S/C16H20FNO3/c1-16(2,3)15(20)21-18-9-8-14(19)13(10-18)11-4-6-12(17)7-5-11/h4-7,13H,8-10H2,1-3H3. The van der Waals surface area contributed by atoms with Crippen LogP contribution in [0.2, 0.25) is 0 Å². The average molecular weight is 293 g/mol. The Kier molecular flexibility index (Phi) is 4.42. The summed E-state index contributed by atoms with van der Waals surface area (Å²) in [5.41, 5.74) is 0.158. The Labute approximate surface area is 123 Å². The summed E-state index contributed by atoms with van der Waals surface area (Å²) in [4.78, 5) is 29.3. The van der Waals surface area contributed by atoms with Gasteiger partial charge in [0.05, 0.1) is 11.3 Å². The lowest BCUT2D eigenvalue weighted by molar-refractivity contribution is -0.205. The van der Waals surface area contributed by atoms with E-state index in [4.69, 9.17) is 4.84 Å². The first-order chi connectivity index (χ1) is 9.77. The Bertz CT molecular complexity index is 533. The van der Waals surface area contributed by atoms with Crippen LogP contribution in [0.3, 0.4) is 0 Å². The maximum Gasteiger partial charge on any atom is 0.330 e. The molecule has 1 fully saturated rings. The van der Waals surface area contributed by atoms with Crippen molar-refractivity contribution in [2.45, 2.75) is 33.1 Å². The molecule has 0 spiro atoms. The molecule has 1 unspecified atom stereocenters. The highest BCUT2D eigenvalue weighted by Gasteiger charge is 2.33. The van der Waals surface area contributed by atoms with Gasteiger partial charge in [-0.05, 0) is 38.5 Å². The zero-order chi connectivity index (χ0) is 15.6. The number of hydrogen-bond acceptors (Lipinski definition) is 4. The van der Waals surface area contributed by atoms with E-state index in [1.165, 1.54) is 17.2 Å². The molecule has 0 bridgehead atoms. The summed E-state index contributed by atoms with van der Waals surface area (Å²) in [6.45, 7) is 6.05. The molecule has 1 aliphatic heterocycles. The van der Waals surface area contributed by atoms with Crippen molar-refractivity contribution < 1.29 is 18.8 Å². The van der Waals surface area contributed by atoms with Crippen molar-refractivity contribution in [3.8, 4) is 0 Å². The average Bonchev–Trinajstić information content (AvgIpc) is 2.41. The predicted molar refractivity (Wildman–Crippen MR) is 75.9 cm³/mol. The number of rotatable bonds is 2. The SMILES string of the molecule is CC(C)(C)C(=O)ON1CCC(=O)C(c2ccc(F)cc2)C1. The van der Waals surface area contributed by atoms with Crippen molar-refractivity contribution in [3.63, 3.8) is 0 Å². The molecule has 1 saturated heterocycles. The van der Waals surface area contributed by atoms with Crippen LogP contribution in [0.1, 0.15) is 38.7 Å². The Morgan fingerprint density at radius 3 is 2.48 bits per heavy atom. The monoisotopic (exact) mass is 293 g/mol. The molecule has 1 atom stereocenters. The first-order valence-electron chi connectivity index (χ1n) is 7.03. The van der Waals surface area contributed by atoms with Crippen LogP contribution in [0.5, 0.6) is 0 Å².